The number of nitrogens with one attached hydrogen (secondary N) is 1. The average molecular weight is 315 g/mol. The highest BCUT2D eigenvalue weighted by molar-refractivity contribution is 7.07. The number of aliphatic hydroxyl groups is 1. The lowest BCUT2D eigenvalue weighted by atomic mass is 10.0. The van der Waals surface area contributed by atoms with Gasteiger partial charge in [0.05, 0.1) is 12.5 Å². The summed E-state index contributed by atoms with van der Waals surface area (Å²) in [5.41, 5.74) is 1.28. The van der Waals surface area contributed by atoms with Crippen molar-refractivity contribution in [2.45, 2.75) is 24.7 Å². The molecule has 1 heterocycles. The Labute approximate surface area is 125 Å². The van der Waals surface area contributed by atoms with Crippen molar-refractivity contribution in [3.63, 3.8) is 0 Å². The van der Waals surface area contributed by atoms with E-state index in [0.29, 0.717) is 11.1 Å². The first-order valence-corrected chi connectivity index (χ1v) is 7.45. The molecule has 1 aromatic heterocycles. The maximum Gasteiger partial charge on any atom is 0.390 e. The van der Waals surface area contributed by atoms with Crippen LogP contribution in [0, 0.1) is 0 Å². The fourth-order valence-corrected chi connectivity index (χ4v) is 2.77. The molecule has 1 aromatic carbocycles. The van der Waals surface area contributed by atoms with E-state index < -0.39 is 24.7 Å². The number of hydrogen-bond acceptors (Lipinski definition) is 3. The van der Waals surface area contributed by atoms with E-state index in [2.05, 4.69) is 5.32 Å². The predicted octanol–water partition coefficient (Wildman–Crippen LogP) is 4.06. The molecule has 0 radical (unpaired) electrons. The number of alkyl halides is 3. The average Bonchev–Trinajstić information content (AvgIpc) is 2.97. The summed E-state index contributed by atoms with van der Waals surface area (Å²) in [5, 5.41) is 16.4. The van der Waals surface area contributed by atoms with Crippen molar-refractivity contribution in [3.05, 3.63) is 58.3 Å². The van der Waals surface area contributed by atoms with Crippen molar-refractivity contribution < 1.29 is 18.3 Å². The summed E-state index contributed by atoms with van der Waals surface area (Å²) in [6, 6.07) is 9.37. The van der Waals surface area contributed by atoms with Gasteiger partial charge in [0.2, 0.25) is 0 Å². The van der Waals surface area contributed by atoms with Gasteiger partial charge in [0.15, 0.2) is 0 Å². The second kappa shape index (κ2) is 7.06. The molecule has 0 amide bonds. The second-order valence-corrected chi connectivity index (χ2v) is 5.54. The zero-order chi connectivity index (χ0) is 15.3. The van der Waals surface area contributed by atoms with Crippen LogP contribution in [0.5, 0.6) is 0 Å². The molecule has 2 atom stereocenters. The van der Waals surface area contributed by atoms with Crippen LogP contribution in [0.1, 0.15) is 29.7 Å². The third kappa shape index (κ3) is 5.15. The highest BCUT2D eigenvalue weighted by Gasteiger charge is 2.32. The molecule has 21 heavy (non-hydrogen) atoms. The summed E-state index contributed by atoms with van der Waals surface area (Å²) in [6.07, 6.45) is -6.04. The predicted molar refractivity (Wildman–Crippen MR) is 77.1 cm³/mol. The molecule has 0 spiro atoms. The minimum Gasteiger partial charge on any atom is -0.387 e. The number of benzene rings is 1. The van der Waals surface area contributed by atoms with E-state index in [9.17, 15) is 18.3 Å². The molecule has 2 unspecified atom stereocenters. The number of hydrogen-bond donors (Lipinski definition) is 2. The van der Waals surface area contributed by atoms with Crippen LogP contribution in [0.3, 0.4) is 0 Å². The van der Waals surface area contributed by atoms with Crippen molar-refractivity contribution in [2.24, 2.45) is 0 Å². The van der Waals surface area contributed by atoms with Crippen LogP contribution in [0.4, 0.5) is 13.2 Å². The summed E-state index contributed by atoms with van der Waals surface area (Å²) >= 11 is 1.44. The van der Waals surface area contributed by atoms with Crippen LogP contribution >= 0.6 is 11.3 Å². The summed E-state index contributed by atoms with van der Waals surface area (Å²) in [5.74, 6) is 0. The van der Waals surface area contributed by atoms with Gasteiger partial charge >= 0.3 is 6.18 Å². The van der Waals surface area contributed by atoms with Crippen LogP contribution in [0.2, 0.25) is 0 Å². The standard InChI is InChI=1S/C15H16F3NOS/c16-15(17,18)8-13(11-4-2-1-3-5-11)19-9-14(20)12-6-7-21-10-12/h1-7,10,13-14,19-20H,8-9H2. The zero-order valence-electron chi connectivity index (χ0n) is 11.2. The molecule has 0 saturated carbocycles. The van der Waals surface area contributed by atoms with E-state index in [1.165, 1.54) is 11.3 Å². The molecular weight excluding hydrogens is 299 g/mol. The molecule has 2 N–H and O–H groups in total. The van der Waals surface area contributed by atoms with Gasteiger partial charge < -0.3 is 10.4 Å². The molecule has 0 aliphatic heterocycles. The third-order valence-corrected chi connectivity index (χ3v) is 3.82. The van der Waals surface area contributed by atoms with E-state index in [-0.39, 0.29) is 6.54 Å². The lowest BCUT2D eigenvalue weighted by Gasteiger charge is -2.22. The van der Waals surface area contributed by atoms with Gasteiger partial charge in [-0.1, -0.05) is 30.3 Å². The van der Waals surface area contributed by atoms with Crippen LogP contribution in [-0.2, 0) is 0 Å². The molecule has 2 rings (SSSR count). The van der Waals surface area contributed by atoms with Gasteiger partial charge in [-0.25, -0.2) is 0 Å². The normalized spacial score (nSPS) is 14.9. The lowest BCUT2D eigenvalue weighted by Crippen LogP contribution is -2.30. The van der Waals surface area contributed by atoms with Crippen LogP contribution in [0.15, 0.2) is 47.2 Å². The monoisotopic (exact) mass is 315 g/mol. The van der Waals surface area contributed by atoms with Crippen molar-refractivity contribution >= 4 is 11.3 Å². The van der Waals surface area contributed by atoms with E-state index in [0.717, 1.165) is 0 Å². The Bertz CT molecular complexity index is 528. The number of halogens is 3. The molecule has 2 nitrogen and oxygen atoms in total. The lowest BCUT2D eigenvalue weighted by molar-refractivity contribution is -0.140. The van der Waals surface area contributed by atoms with Crippen molar-refractivity contribution in [1.82, 2.24) is 5.32 Å². The quantitative estimate of drug-likeness (QED) is 0.842. The molecule has 0 aliphatic carbocycles. The highest BCUT2D eigenvalue weighted by Crippen LogP contribution is 2.30. The summed E-state index contributed by atoms with van der Waals surface area (Å²) in [6.45, 7) is 0.0758. The zero-order valence-corrected chi connectivity index (χ0v) is 12.0. The summed E-state index contributed by atoms with van der Waals surface area (Å²) in [4.78, 5) is 0. The van der Waals surface area contributed by atoms with E-state index >= 15 is 0 Å². The largest absolute Gasteiger partial charge is 0.390 e. The maximum atomic E-state index is 12.7. The number of aliphatic hydroxyl groups excluding tert-OH is 1. The molecule has 114 valence electrons. The molecule has 0 bridgehead atoms. The summed E-state index contributed by atoms with van der Waals surface area (Å²) < 4.78 is 38.1. The Morgan fingerprint density at radius 1 is 1.10 bits per heavy atom. The smallest absolute Gasteiger partial charge is 0.387 e. The van der Waals surface area contributed by atoms with Crippen molar-refractivity contribution in [2.75, 3.05) is 6.54 Å². The van der Waals surface area contributed by atoms with Crippen molar-refractivity contribution in [3.8, 4) is 0 Å². The van der Waals surface area contributed by atoms with Gasteiger partial charge in [-0.05, 0) is 28.0 Å². The van der Waals surface area contributed by atoms with Crippen molar-refractivity contribution in [1.29, 1.82) is 0 Å². The fourth-order valence-electron chi connectivity index (χ4n) is 2.06. The third-order valence-electron chi connectivity index (χ3n) is 3.12. The first-order chi connectivity index (χ1) is 9.96. The van der Waals surface area contributed by atoms with E-state index in [4.69, 9.17) is 0 Å². The number of thiophene rings is 1. The SMILES string of the molecule is OC(CNC(CC(F)(F)F)c1ccccc1)c1ccsc1. The Kier molecular flexibility index (Phi) is 5.39. The fraction of sp³-hybridized carbons (Fsp3) is 0.333. The topological polar surface area (TPSA) is 32.3 Å². The summed E-state index contributed by atoms with van der Waals surface area (Å²) in [7, 11) is 0. The Morgan fingerprint density at radius 3 is 2.38 bits per heavy atom. The van der Waals surface area contributed by atoms with Gasteiger partial charge in [-0.15, -0.1) is 0 Å². The van der Waals surface area contributed by atoms with Gasteiger partial charge in [0.25, 0.3) is 0 Å². The molecular formula is C15H16F3NOS. The second-order valence-electron chi connectivity index (χ2n) is 4.76. The van der Waals surface area contributed by atoms with Gasteiger partial charge in [-0.2, -0.15) is 24.5 Å². The van der Waals surface area contributed by atoms with Gasteiger partial charge in [0.1, 0.15) is 0 Å². The minimum atomic E-state index is -4.26. The van der Waals surface area contributed by atoms with Crippen LogP contribution in [0.25, 0.3) is 0 Å². The Hall–Kier alpha value is -1.37. The molecule has 0 saturated heterocycles. The first-order valence-electron chi connectivity index (χ1n) is 6.51. The molecule has 6 heteroatoms. The van der Waals surface area contributed by atoms with Crippen LogP contribution in [-0.4, -0.2) is 17.8 Å². The van der Waals surface area contributed by atoms with E-state index in [1.807, 2.05) is 5.38 Å². The number of rotatable bonds is 6. The molecule has 0 aliphatic rings. The van der Waals surface area contributed by atoms with Gasteiger partial charge in [0, 0.05) is 12.6 Å². The Morgan fingerprint density at radius 2 is 1.81 bits per heavy atom. The van der Waals surface area contributed by atoms with Gasteiger partial charge in [-0.3, -0.25) is 0 Å². The first kappa shape index (κ1) is 16.0. The van der Waals surface area contributed by atoms with Crippen LogP contribution < -0.4 is 5.32 Å². The molecule has 2 aromatic rings. The minimum absolute atomic E-state index is 0.0758. The molecule has 0 fully saturated rings. The van der Waals surface area contributed by atoms with E-state index in [1.54, 1.807) is 41.8 Å². The Balaban J connectivity index is 2.02. The maximum absolute atomic E-state index is 12.7. The highest BCUT2D eigenvalue weighted by atomic mass is 32.1.